The number of hydrogen-bond donors (Lipinski definition) is 1. The molecule has 0 bridgehead atoms. The Labute approximate surface area is 115 Å². The highest BCUT2D eigenvalue weighted by atomic mass is 16.5. The first-order valence-electron chi connectivity index (χ1n) is 7.28. The van der Waals surface area contributed by atoms with Gasteiger partial charge >= 0.3 is 5.97 Å². The van der Waals surface area contributed by atoms with Crippen molar-refractivity contribution in [3.05, 3.63) is 0 Å². The fourth-order valence-corrected chi connectivity index (χ4v) is 3.32. The topological polar surface area (TPSA) is 53.0 Å². The minimum absolute atomic E-state index is 0.130. The normalized spacial score (nSPS) is 29.3. The van der Waals surface area contributed by atoms with Crippen LogP contribution in [-0.2, 0) is 9.53 Å². The molecule has 19 heavy (non-hydrogen) atoms. The smallest absolute Gasteiger partial charge is 0.321 e. The number of piperidine rings is 1. The monoisotopic (exact) mass is 270 g/mol. The summed E-state index contributed by atoms with van der Waals surface area (Å²) in [5.74, 6) is -0.674. The first-order chi connectivity index (χ1) is 9.00. The summed E-state index contributed by atoms with van der Waals surface area (Å²) >= 11 is 0. The molecule has 1 unspecified atom stereocenters. The van der Waals surface area contributed by atoms with Crippen LogP contribution in [0.2, 0.25) is 0 Å². The first kappa shape index (κ1) is 14.8. The molecule has 110 valence electrons. The van der Waals surface area contributed by atoms with E-state index in [0.717, 1.165) is 58.8 Å². The summed E-state index contributed by atoms with van der Waals surface area (Å²) in [5, 5.41) is 9.51. The average Bonchev–Trinajstić information content (AvgIpc) is 2.36. The van der Waals surface area contributed by atoms with Crippen molar-refractivity contribution >= 4 is 5.97 Å². The molecular formula is C14H26N2O3. The second kappa shape index (κ2) is 6.20. The Morgan fingerprint density at radius 2 is 1.95 bits per heavy atom. The van der Waals surface area contributed by atoms with Crippen molar-refractivity contribution in [2.75, 3.05) is 45.9 Å². The van der Waals surface area contributed by atoms with Gasteiger partial charge in [-0.2, -0.15) is 0 Å². The highest BCUT2D eigenvalue weighted by molar-refractivity contribution is 5.74. The number of morpholine rings is 1. The number of aliphatic carboxylic acids is 1. The predicted molar refractivity (Wildman–Crippen MR) is 73.3 cm³/mol. The summed E-state index contributed by atoms with van der Waals surface area (Å²) in [4.78, 5) is 16.1. The molecule has 0 aromatic heterocycles. The van der Waals surface area contributed by atoms with Gasteiger partial charge in [0.1, 0.15) is 6.04 Å². The zero-order valence-electron chi connectivity index (χ0n) is 12.1. The van der Waals surface area contributed by atoms with E-state index in [1.165, 1.54) is 0 Å². The van der Waals surface area contributed by atoms with E-state index in [2.05, 4.69) is 23.6 Å². The van der Waals surface area contributed by atoms with Crippen molar-refractivity contribution in [3.63, 3.8) is 0 Å². The lowest BCUT2D eigenvalue weighted by atomic mass is 9.76. The van der Waals surface area contributed by atoms with Gasteiger partial charge in [-0.25, -0.2) is 0 Å². The van der Waals surface area contributed by atoms with Crippen molar-refractivity contribution in [1.29, 1.82) is 0 Å². The van der Waals surface area contributed by atoms with E-state index in [-0.39, 0.29) is 11.5 Å². The van der Waals surface area contributed by atoms with Crippen LogP contribution in [0.4, 0.5) is 0 Å². The van der Waals surface area contributed by atoms with Gasteiger partial charge in [-0.15, -0.1) is 0 Å². The lowest BCUT2D eigenvalue weighted by molar-refractivity contribution is -0.150. The number of hydrogen-bond acceptors (Lipinski definition) is 4. The number of carboxylic acids is 1. The Morgan fingerprint density at radius 3 is 2.58 bits per heavy atom. The largest absolute Gasteiger partial charge is 0.480 e. The van der Waals surface area contributed by atoms with Crippen molar-refractivity contribution in [1.82, 2.24) is 9.80 Å². The maximum absolute atomic E-state index is 11.6. The van der Waals surface area contributed by atoms with Crippen molar-refractivity contribution in [2.24, 2.45) is 5.41 Å². The van der Waals surface area contributed by atoms with Crippen LogP contribution in [0.1, 0.15) is 26.7 Å². The molecule has 2 aliphatic rings. The second-order valence-corrected chi connectivity index (χ2v) is 6.32. The summed E-state index contributed by atoms with van der Waals surface area (Å²) in [6.45, 7) is 10.4. The second-order valence-electron chi connectivity index (χ2n) is 6.32. The molecule has 2 rings (SSSR count). The van der Waals surface area contributed by atoms with Gasteiger partial charge in [0.05, 0.1) is 13.2 Å². The maximum atomic E-state index is 11.6. The van der Waals surface area contributed by atoms with Crippen LogP contribution in [0.15, 0.2) is 0 Å². The molecule has 2 fully saturated rings. The van der Waals surface area contributed by atoms with E-state index in [0.29, 0.717) is 0 Å². The number of ether oxygens (including phenoxy) is 1. The van der Waals surface area contributed by atoms with Crippen molar-refractivity contribution < 1.29 is 14.6 Å². The molecule has 5 heteroatoms. The molecule has 1 N–H and O–H groups in total. The molecule has 2 aliphatic heterocycles. The van der Waals surface area contributed by atoms with Gasteiger partial charge in [0.15, 0.2) is 0 Å². The van der Waals surface area contributed by atoms with Crippen molar-refractivity contribution in [2.45, 2.75) is 32.7 Å². The van der Waals surface area contributed by atoms with Crippen LogP contribution in [0.25, 0.3) is 0 Å². The third-order valence-electron chi connectivity index (χ3n) is 4.41. The van der Waals surface area contributed by atoms with Gasteiger partial charge in [-0.3, -0.25) is 14.6 Å². The van der Waals surface area contributed by atoms with Gasteiger partial charge < -0.3 is 9.84 Å². The third-order valence-corrected chi connectivity index (χ3v) is 4.41. The molecule has 0 aromatic carbocycles. The molecule has 0 aromatic rings. The Hall–Kier alpha value is -0.650. The first-order valence-corrected chi connectivity index (χ1v) is 7.28. The number of carbonyl (C=O) groups is 1. The molecule has 0 saturated carbocycles. The fraction of sp³-hybridized carbons (Fsp3) is 0.929. The molecule has 0 radical (unpaired) electrons. The highest BCUT2D eigenvalue weighted by Crippen LogP contribution is 2.35. The van der Waals surface area contributed by atoms with Gasteiger partial charge in [-0.05, 0) is 24.8 Å². The number of rotatable bonds is 4. The summed E-state index contributed by atoms with van der Waals surface area (Å²) in [6, 6.07) is -0.345. The maximum Gasteiger partial charge on any atom is 0.321 e. The standard InChI is InChI=1S/C14H26N2O3/c1-14(2)4-3-5-16(12(14)13(17)18)7-6-15-8-10-19-11-9-15/h12H,3-11H2,1-2H3,(H,17,18). The van der Waals surface area contributed by atoms with Crippen LogP contribution in [-0.4, -0.2) is 72.9 Å². The van der Waals surface area contributed by atoms with Gasteiger partial charge in [0, 0.05) is 26.2 Å². The van der Waals surface area contributed by atoms with E-state index < -0.39 is 5.97 Å². The number of nitrogens with zero attached hydrogens (tertiary/aromatic N) is 2. The minimum atomic E-state index is -0.674. The molecule has 5 nitrogen and oxygen atoms in total. The van der Waals surface area contributed by atoms with E-state index >= 15 is 0 Å². The van der Waals surface area contributed by atoms with Crippen LogP contribution >= 0.6 is 0 Å². The van der Waals surface area contributed by atoms with E-state index in [1.807, 2.05) is 0 Å². The van der Waals surface area contributed by atoms with E-state index in [9.17, 15) is 9.90 Å². The molecule has 0 amide bonds. The summed E-state index contributed by atoms with van der Waals surface area (Å²) < 4.78 is 5.33. The zero-order chi connectivity index (χ0) is 13.9. The molecule has 0 spiro atoms. The Bertz CT molecular complexity index is 314. The Balaban J connectivity index is 1.91. The van der Waals surface area contributed by atoms with Gasteiger partial charge in [0.25, 0.3) is 0 Å². The number of likely N-dealkylation sites (tertiary alicyclic amines) is 1. The lowest BCUT2D eigenvalue weighted by Crippen LogP contribution is -2.56. The Morgan fingerprint density at radius 1 is 1.26 bits per heavy atom. The van der Waals surface area contributed by atoms with E-state index in [4.69, 9.17) is 4.74 Å². The van der Waals surface area contributed by atoms with E-state index in [1.54, 1.807) is 0 Å². The lowest BCUT2D eigenvalue weighted by Gasteiger charge is -2.44. The van der Waals surface area contributed by atoms with Crippen molar-refractivity contribution in [3.8, 4) is 0 Å². The Kier molecular flexibility index (Phi) is 4.81. The molecular weight excluding hydrogens is 244 g/mol. The zero-order valence-corrected chi connectivity index (χ0v) is 12.1. The molecule has 2 heterocycles. The average molecular weight is 270 g/mol. The fourth-order valence-electron chi connectivity index (χ4n) is 3.32. The quantitative estimate of drug-likeness (QED) is 0.822. The van der Waals surface area contributed by atoms with Crippen LogP contribution < -0.4 is 0 Å². The minimum Gasteiger partial charge on any atom is -0.480 e. The number of carboxylic acid groups (broad SMARTS) is 1. The summed E-state index contributed by atoms with van der Waals surface area (Å²) in [7, 11) is 0. The summed E-state index contributed by atoms with van der Waals surface area (Å²) in [6.07, 6.45) is 2.10. The molecule has 0 aliphatic carbocycles. The molecule has 2 saturated heterocycles. The molecule has 1 atom stereocenters. The highest BCUT2D eigenvalue weighted by Gasteiger charge is 2.42. The van der Waals surface area contributed by atoms with Crippen LogP contribution in [0.3, 0.4) is 0 Å². The summed E-state index contributed by atoms with van der Waals surface area (Å²) in [5.41, 5.74) is -0.130. The van der Waals surface area contributed by atoms with Gasteiger partial charge in [-0.1, -0.05) is 13.8 Å². The predicted octanol–water partition coefficient (Wildman–Crippen LogP) is 0.894. The SMILES string of the molecule is CC1(C)CCCN(CCN2CCOCC2)C1C(=O)O. The van der Waals surface area contributed by atoms with Crippen LogP contribution in [0, 0.1) is 5.41 Å². The third kappa shape index (κ3) is 3.68. The van der Waals surface area contributed by atoms with Gasteiger partial charge in [0.2, 0.25) is 0 Å². The van der Waals surface area contributed by atoms with Crippen LogP contribution in [0.5, 0.6) is 0 Å².